The Labute approximate surface area is 172 Å². The molecule has 1 aromatic carbocycles. The van der Waals surface area contributed by atoms with Crippen LogP contribution in [-0.2, 0) is 23.0 Å². The molecule has 3 aromatic rings. The molecule has 0 unspecified atom stereocenters. The monoisotopic (exact) mass is 416 g/mol. The molecule has 156 valence electrons. The number of benzene rings is 1. The molecule has 2 heterocycles. The molecule has 0 atom stereocenters. The molecule has 0 aliphatic rings. The molecule has 1 N–H and O–H groups in total. The number of rotatable bonds is 7. The first-order valence-electron chi connectivity index (χ1n) is 9.84. The summed E-state index contributed by atoms with van der Waals surface area (Å²) in [7, 11) is -3.80. The predicted molar refractivity (Wildman–Crippen MR) is 114 cm³/mol. The van der Waals surface area contributed by atoms with Crippen LogP contribution in [0.2, 0.25) is 0 Å². The third-order valence-corrected chi connectivity index (χ3v) is 6.71. The summed E-state index contributed by atoms with van der Waals surface area (Å²) in [6.07, 6.45) is 0.622. The SMILES string of the molecule is CCc1nnc(-c2c(C)c(S(=O)(=O)Nc3cccc(C(C)C)c3)c(C)n2CC)o1. The van der Waals surface area contributed by atoms with Gasteiger partial charge in [-0.2, -0.15) is 0 Å². The van der Waals surface area contributed by atoms with Gasteiger partial charge in [0.2, 0.25) is 5.89 Å². The van der Waals surface area contributed by atoms with Crippen molar-refractivity contribution in [2.75, 3.05) is 4.72 Å². The zero-order valence-electron chi connectivity index (χ0n) is 17.8. The topological polar surface area (TPSA) is 90.0 Å². The van der Waals surface area contributed by atoms with E-state index in [1.807, 2.05) is 36.6 Å². The zero-order chi connectivity index (χ0) is 21.3. The molecule has 0 spiro atoms. The number of sulfonamides is 1. The molecule has 0 bridgehead atoms. The van der Waals surface area contributed by atoms with E-state index in [0.717, 1.165) is 5.56 Å². The molecule has 0 amide bonds. The van der Waals surface area contributed by atoms with Gasteiger partial charge in [0.15, 0.2) is 0 Å². The third kappa shape index (κ3) is 3.94. The lowest BCUT2D eigenvalue weighted by Gasteiger charge is -2.12. The zero-order valence-corrected chi connectivity index (χ0v) is 18.6. The molecular weight excluding hydrogens is 388 g/mol. The van der Waals surface area contributed by atoms with Crippen LogP contribution in [0.1, 0.15) is 56.3 Å². The molecule has 29 heavy (non-hydrogen) atoms. The van der Waals surface area contributed by atoms with E-state index in [9.17, 15) is 8.42 Å². The van der Waals surface area contributed by atoms with Crippen LogP contribution in [0.3, 0.4) is 0 Å². The second-order valence-corrected chi connectivity index (χ2v) is 8.99. The van der Waals surface area contributed by atoms with Gasteiger partial charge in [-0.15, -0.1) is 10.2 Å². The van der Waals surface area contributed by atoms with Crippen LogP contribution in [0.15, 0.2) is 33.6 Å². The fraction of sp³-hybridized carbons (Fsp3) is 0.429. The minimum atomic E-state index is -3.80. The van der Waals surface area contributed by atoms with E-state index in [4.69, 9.17) is 4.42 Å². The van der Waals surface area contributed by atoms with E-state index in [1.165, 1.54) is 0 Å². The predicted octanol–water partition coefficient (Wildman–Crippen LogP) is 4.66. The first kappa shape index (κ1) is 21.1. The maximum atomic E-state index is 13.3. The van der Waals surface area contributed by atoms with Crippen molar-refractivity contribution >= 4 is 15.7 Å². The van der Waals surface area contributed by atoms with Gasteiger partial charge < -0.3 is 8.98 Å². The van der Waals surface area contributed by atoms with Crippen LogP contribution in [-0.4, -0.2) is 23.2 Å². The number of hydrogen-bond acceptors (Lipinski definition) is 5. The van der Waals surface area contributed by atoms with Crippen molar-refractivity contribution in [3.8, 4) is 11.6 Å². The van der Waals surface area contributed by atoms with E-state index >= 15 is 0 Å². The fourth-order valence-corrected chi connectivity index (χ4v) is 5.14. The van der Waals surface area contributed by atoms with Gasteiger partial charge in [-0.05, 0) is 44.4 Å². The molecule has 0 fully saturated rings. The number of nitrogens with one attached hydrogen (secondary N) is 1. The highest BCUT2D eigenvalue weighted by Gasteiger charge is 2.29. The maximum absolute atomic E-state index is 13.3. The summed E-state index contributed by atoms with van der Waals surface area (Å²) in [5, 5.41) is 8.15. The van der Waals surface area contributed by atoms with Gasteiger partial charge in [-0.1, -0.05) is 32.9 Å². The Hall–Kier alpha value is -2.61. The lowest BCUT2D eigenvalue weighted by atomic mass is 10.0. The van der Waals surface area contributed by atoms with E-state index in [2.05, 4.69) is 28.8 Å². The molecule has 0 saturated heterocycles. The van der Waals surface area contributed by atoms with Crippen molar-refractivity contribution in [2.45, 2.75) is 65.3 Å². The quantitative estimate of drug-likeness (QED) is 0.605. The van der Waals surface area contributed by atoms with Crippen LogP contribution >= 0.6 is 0 Å². The molecule has 3 rings (SSSR count). The van der Waals surface area contributed by atoms with E-state index in [0.29, 0.717) is 53.3 Å². The lowest BCUT2D eigenvalue weighted by molar-refractivity contribution is 0.507. The number of aromatic nitrogens is 3. The first-order valence-corrected chi connectivity index (χ1v) is 11.3. The van der Waals surface area contributed by atoms with E-state index in [1.54, 1.807) is 19.9 Å². The Morgan fingerprint density at radius 1 is 1.17 bits per heavy atom. The maximum Gasteiger partial charge on any atom is 0.264 e. The Balaban J connectivity index is 2.09. The van der Waals surface area contributed by atoms with Gasteiger partial charge in [0, 0.05) is 29.9 Å². The summed E-state index contributed by atoms with van der Waals surface area (Å²) in [5.41, 5.74) is 3.51. The Kier molecular flexibility index (Phi) is 5.84. The summed E-state index contributed by atoms with van der Waals surface area (Å²) in [6.45, 7) is 12.2. The van der Waals surface area contributed by atoms with E-state index in [-0.39, 0.29) is 4.90 Å². The van der Waals surface area contributed by atoms with Crippen molar-refractivity contribution in [2.24, 2.45) is 0 Å². The summed E-state index contributed by atoms with van der Waals surface area (Å²) in [5.74, 6) is 1.17. The number of hydrogen-bond donors (Lipinski definition) is 1. The Bertz CT molecular complexity index is 1130. The summed E-state index contributed by atoms with van der Waals surface area (Å²) in [6, 6.07) is 7.49. The lowest BCUT2D eigenvalue weighted by Crippen LogP contribution is -2.15. The molecule has 7 nitrogen and oxygen atoms in total. The third-order valence-electron chi connectivity index (χ3n) is 5.06. The molecule has 2 aromatic heterocycles. The fourth-order valence-electron chi connectivity index (χ4n) is 3.60. The average molecular weight is 417 g/mol. The van der Waals surface area contributed by atoms with Gasteiger partial charge in [0.05, 0.1) is 0 Å². The standard InChI is InChI=1S/C21H28N4O3S/c1-7-18-22-23-21(28-18)19-14(5)20(15(6)25(19)8-2)29(26,27)24-17-11-9-10-16(12-17)13(3)4/h9-13,24H,7-8H2,1-6H3. The van der Waals surface area contributed by atoms with Gasteiger partial charge >= 0.3 is 0 Å². The van der Waals surface area contributed by atoms with Crippen LogP contribution in [0.25, 0.3) is 11.6 Å². The largest absolute Gasteiger partial charge is 0.419 e. The van der Waals surface area contributed by atoms with Crippen LogP contribution in [0, 0.1) is 13.8 Å². The summed E-state index contributed by atoms with van der Waals surface area (Å²) in [4.78, 5) is 0.251. The van der Waals surface area contributed by atoms with Gasteiger partial charge in [0.1, 0.15) is 10.6 Å². The molecule has 8 heteroatoms. The van der Waals surface area contributed by atoms with Crippen molar-refractivity contribution in [1.82, 2.24) is 14.8 Å². The highest BCUT2D eigenvalue weighted by atomic mass is 32.2. The second kappa shape index (κ2) is 8.02. The minimum absolute atomic E-state index is 0.251. The molecular formula is C21H28N4O3S. The molecule has 0 aliphatic heterocycles. The smallest absolute Gasteiger partial charge is 0.264 e. The van der Waals surface area contributed by atoms with Gasteiger partial charge in [0.25, 0.3) is 15.9 Å². The first-order chi connectivity index (χ1) is 13.7. The average Bonchev–Trinajstić information content (AvgIpc) is 3.23. The number of aryl methyl sites for hydroxylation is 1. The van der Waals surface area contributed by atoms with Crippen molar-refractivity contribution in [3.05, 3.63) is 47.0 Å². The normalized spacial score (nSPS) is 12.0. The van der Waals surface area contributed by atoms with Crippen LogP contribution in [0.4, 0.5) is 5.69 Å². The number of nitrogens with zero attached hydrogens (tertiary/aromatic N) is 3. The van der Waals surface area contributed by atoms with Gasteiger partial charge in [-0.3, -0.25) is 4.72 Å². The van der Waals surface area contributed by atoms with Gasteiger partial charge in [-0.25, -0.2) is 8.42 Å². The highest BCUT2D eigenvalue weighted by Crippen LogP contribution is 2.34. The summed E-state index contributed by atoms with van der Waals surface area (Å²) >= 11 is 0. The molecule has 0 radical (unpaired) electrons. The minimum Gasteiger partial charge on any atom is -0.419 e. The van der Waals surface area contributed by atoms with Crippen LogP contribution < -0.4 is 4.72 Å². The van der Waals surface area contributed by atoms with Crippen molar-refractivity contribution < 1.29 is 12.8 Å². The van der Waals surface area contributed by atoms with E-state index < -0.39 is 10.0 Å². The Morgan fingerprint density at radius 3 is 2.48 bits per heavy atom. The second-order valence-electron chi connectivity index (χ2n) is 7.37. The highest BCUT2D eigenvalue weighted by molar-refractivity contribution is 7.92. The van der Waals surface area contributed by atoms with Crippen molar-refractivity contribution in [3.63, 3.8) is 0 Å². The Morgan fingerprint density at radius 2 is 1.90 bits per heavy atom. The van der Waals surface area contributed by atoms with Crippen LogP contribution in [0.5, 0.6) is 0 Å². The molecule has 0 saturated carbocycles. The molecule has 0 aliphatic carbocycles. The van der Waals surface area contributed by atoms with Crippen molar-refractivity contribution in [1.29, 1.82) is 0 Å². The summed E-state index contributed by atoms with van der Waals surface area (Å²) < 4.78 is 37.0. The number of anilines is 1.